The van der Waals surface area contributed by atoms with Crippen LogP contribution in [0.5, 0.6) is 0 Å². The van der Waals surface area contributed by atoms with Crippen LogP contribution in [0.2, 0.25) is 0 Å². The van der Waals surface area contributed by atoms with Crippen molar-refractivity contribution in [2.75, 3.05) is 0 Å². The molecule has 4 aromatic rings. The Morgan fingerprint density at radius 3 is 2.55 bits per heavy atom. The molecule has 0 bridgehead atoms. The van der Waals surface area contributed by atoms with Gasteiger partial charge >= 0.3 is 0 Å². The summed E-state index contributed by atoms with van der Waals surface area (Å²) in [6, 6.07) is 28.6. The maximum absolute atomic E-state index is 6.69. The third kappa shape index (κ3) is 4.44. The zero-order valence-corrected chi connectivity index (χ0v) is 24.7. The highest BCUT2D eigenvalue weighted by molar-refractivity contribution is 7.77. The van der Waals surface area contributed by atoms with E-state index in [2.05, 4.69) is 122 Å². The predicted molar refractivity (Wildman–Crippen MR) is 184 cm³/mol. The van der Waals surface area contributed by atoms with Gasteiger partial charge in [-0.3, -0.25) is 4.99 Å². The van der Waals surface area contributed by atoms with Crippen LogP contribution < -0.4 is 16.3 Å². The summed E-state index contributed by atoms with van der Waals surface area (Å²) >= 11 is 0. The SMILES string of the molecule is C=Cc1cccc2c1/C(=C\C)C(N)=C2N=C1C=CC(P(c2ccccc2)c2cc3ccccc3c3c2CCC=C3)=CC1. The molecule has 0 aromatic heterocycles. The summed E-state index contributed by atoms with van der Waals surface area (Å²) in [5.41, 5.74) is 16.5. The van der Waals surface area contributed by atoms with E-state index in [9.17, 15) is 0 Å². The Morgan fingerprint density at radius 1 is 0.929 bits per heavy atom. The number of rotatable bonds is 5. The molecule has 0 aliphatic heterocycles. The number of nitrogens with two attached hydrogens (primary N) is 1. The molecule has 4 aromatic carbocycles. The van der Waals surface area contributed by atoms with Crippen molar-refractivity contribution in [1.82, 2.24) is 0 Å². The molecule has 3 aliphatic rings. The summed E-state index contributed by atoms with van der Waals surface area (Å²) in [7, 11) is -0.730. The molecule has 0 radical (unpaired) electrons. The molecule has 2 N–H and O–H groups in total. The second-order valence-corrected chi connectivity index (χ2v) is 13.0. The number of fused-ring (bicyclic) bond motifs is 4. The van der Waals surface area contributed by atoms with Crippen LogP contribution in [0.25, 0.3) is 34.2 Å². The topological polar surface area (TPSA) is 38.4 Å². The second kappa shape index (κ2) is 11.0. The third-order valence-corrected chi connectivity index (χ3v) is 11.0. The highest BCUT2D eigenvalue weighted by atomic mass is 31.1. The summed E-state index contributed by atoms with van der Waals surface area (Å²) in [5, 5.41) is 6.88. The molecular formula is C39H33N2P. The van der Waals surface area contributed by atoms with Gasteiger partial charge in [0.15, 0.2) is 0 Å². The summed E-state index contributed by atoms with van der Waals surface area (Å²) in [6.45, 7) is 6.05. The summed E-state index contributed by atoms with van der Waals surface area (Å²) in [6.07, 6.45) is 18.5. The van der Waals surface area contributed by atoms with E-state index < -0.39 is 7.92 Å². The van der Waals surface area contributed by atoms with Crippen LogP contribution in [-0.4, -0.2) is 5.71 Å². The van der Waals surface area contributed by atoms with Crippen molar-refractivity contribution in [1.29, 1.82) is 0 Å². The van der Waals surface area contributed by atoms with Crippen molar-refractivity contribution in [2.24, 2.45) is 10.7 Å². The van der Waals surface area contributed by atoms with Crippen molar-refractivity contribution in [3.8, 4) is 0 Å². The van der Waals surface area contributed by atoms with Gasteiger partial charge in [-0.25, -0.2) is 0 Å². The Morgan fingerprint density at radius 2 is 1.76 bits per heavy atom. The second-order valence-electron chi connectivity index (χ2n) is 10.8. The van der Waals surface area contributed by atoms with E-state index in [1.807, 2.05) is 13.0 Å². The van der Waals surface area contributed by atoms with Gasteiger partial charge in [-0.1, -0.05) is 116 Å². The monoisotopic (exact) mass is 560 g/mol. The molecule has 0 spiro atoms. The molecule has 42 heavy (non-hydrogen) atoms. The molecule has 0 saturated carbocycles. The Hall–Kier alpha value is -4.52. The first-order valence-corrected chi connectivity index (χ1v) is 16.0. The van der Waals surface area contributed by atoms with E-state index in [1.165, 1.54) is 37.8 Å². The first-order chi connectivity index (χ1) is 20.7. The maximum Gasteiger partial charge on any atom is 0.0947 e. The molecule has 3 aliphatic carbocycles. The van der Waals surface area contributed by atoms with Crippen molar-refractivity contribution < 1.29 is 0 Å². The van der Waals surface area contributed by atoms with Gasteiger partial charge in [-0.15, -0.1) is 0 Å². The molecule has 3 heteroatoms. The largest absolute Gasteiger partial charge is 0.396 e. The molecule has 1 unspecified atom stereocenters. The summed E-state index contributed by atoms with van der Waals surface area (Å²) < 4.78 is 0. The minimum absolute atomic E-state index is 0.730. The molecule has 0 amide bonds. The number of hydrogen-bond donors (Lipinski definition) is 1. The summed E-state index contributed by atoms with van der Waals surface area (Å²) in [4.78, 5) is 5.14. The van der Waals surface area contributed by atoms with Crippen LogP contribution in [0.1, 0.15) is 47.6 Å². The minimum atomic E-state index is -0.730. The Kier molecular flexibility index (Phi) is 6.94. The zero-order valence-electron chi connectivity index (χ0n) is 23.8. The highest BCUT2D eigenvalue weighted by Gasteiger charge is 2.27. The quantitative estimate of drug-likeness (QED) is 0.243. The molecule has 0 fully saturated rings. The predicted octanol–water partition coefficient (Wildman–Crippen LogP) is 8.90. The molecule has 204 valence electrons. The number of hydrogen-bond acceptors (Lipinski definition) is 2. The Labute approximate surface area is 249 Å². The number of nitrogens with zero attached hydrogens (tertiary/aromatic N) is 1. The van der Waals surface area contributed by atoms with E-state index in [4.69, 9.17) is 10.7 Å². The van der Waals surface area contributed by atoms with Crippen LogP contribution in [-0.2, 0) is 6.42 Å². The Balaban J connectivity index is 1.31. The first kappa shape index (κ1) is 26.4. The molecule has 2 nitrogen and oxygen atoms in total. The van der Waals surface area contributed by atoms with Gasteiger partial charge in [0.1, 0.15) is 0 Å². The van der Waals surface area contributed by atoms with Gasteiger partial charge in [0, 0.05) is 28.8 Å². The van der Waals surface area contributed by atoms with Crippen LogP contribution >= 0.6 is 7.92 Å². The molecule has 0 heterocycles. The fourth-order valence-corrected chi connectivity index (χ4v) is 9.07. The molecule has 7 rings (SSSR count). The van der Waals surface area contributed by atoms with E-state index >= 15 is 0 Å². The smallest absolute Gasteiger partial charge is 0.0947 e. The van der Waals surface area contributed by atoms with Crippen molar-refractivity contribution in [2.45, 2.75) is 26.2 Å². The number of aliphatic imine (C=N–C) groups is 1. The fraction of sp³-hybridized carbons (Fsp3) is 0.103. The van der Waals surface area contributed by atoms with Gasteiger partial charge < -0.3 is 5.73 Å². The van der Waals surface area contributed by atoms with Gasteiger partial charge in [-0.05, 0) is 83.2 Å². The van der Waals surface area contributed by atoms with Gasteiger partial charge in [0.05, 0.1) is 11.4 Å². The van der Waals surface area contributed by atoms with Gasteiger partial charge in [0.25, 0.3) is 0 Å². The molecular weight excluding hydrogens is 527 g/mol. The summed E-state index contributed by atoms with van der Waals surface area (Å²) in [5.74, 6) is 0. The molecule has 0 saturated heterocycles. The van der Waals surface area contributed by atoms with E-state index in [-0.39, 0.29) is 0 Å². The van der Waals surface area contributed by atoms with E-state index in [0.717, 1.165) is 58.6 Å². The zero-order chi connectivity index (χ0) is 28.6. The van der Waals surface area contributed by atoms with Gasteiger partial charge in [-0.2, -0.15) is 0 Å². The first-order valence-electron chi connectivity index (χ1n) is 14.6. The Bertz CT molecular complexity index is 1930. The lowest BCUT2D eigenvalue weighted by atomic mass is 9.92. The normalized spacial score (nSPS) is 18.4. The van der Waals surface area contributed by atoms with Crippen molar-refractivity contribution in [3.05, 3.63) is 155 Å². The maximum atomic E-state index is 6.69. The third-order valence-electron chi connectivity index (χ3n) is 8.43. The van der Waals surface area contributed by atoms with Crippen LogP contribution in [0.4, 0.5) is 0 Å². The van der Waals surface area contributed by atoms with Crippen LogP contribution in [0.15, 0.2) is 132 Å². The lowest BCUT2D eigenvalue weighted by Gasteiger charge is -2.27. The minimum Gasteiger partial charge on any atom is -0.396 e. The lowest BCUT2D eigenvalue weighted by molar-refractivity contribution is 0.998. The highest BCUT2D eigenvalue weighted by Crippen LogP contribution is 2.48. The van der Waals surface area contributed by atoms with E-state index in [0.29, 0.717) is 0 Å². The van der Waals surface area contributed by atoms with Crippen molar-refractivity contribution >= 4 is 58.4 Å². The van der Waals surface area contributed by atoms with Crippen molar-refractivity contribution in [3.63, 3.8) is 0 Å². The fourth-order valence-electron chi connectivity index (χ4n) is 6.47. The van der Waals surface area contributed by atoms with Crippen LogP contribution in [0.3, 0.4) is 0 Å². The number of benzene rings is 4. The molecule has 1 atom stereocenters. The van der Waals surface area contributed by atoms with E-state index in [1.54, 1.807) is 0 Å². The standard InChI is InChI=1S/C39H33N2P/c1-3-26-14-12-20-35-37(26)31(4-2)38(40)39(35)41-28-21-23-30(24-22-28)42(29-15-6-5-7-16-29)36-25-27-13-8-9-17-32(27)33-18-10-11-19-34(33)36/h3-10,12-18,20-21,23-25H,1,11,19,22,40H2,2H3/b31-4+,41-28?. The average Bonchev–Trinajstić information content (AvgIpc) is 3.32. The lowest BCUT2D eigenvalue weighted by Crippen LogP contribution is -2.20. The van der Waals surface area contributed by atoms with Crippen LogP contribution in [0, 0.1) is 0 Å². The number of allylic oxidation sites excluding steroid dienone is 7. The average molecular weight is 561 g/mol. The van der Waals surface area contributed by atoms with Gasteiger partial charge in [0.2, 0.25) is 0 Å².